The molecule has 2 heterocycles. The van der Waals surface area contributed by atoms with Crippen LogP contribution in [0.2, 0.25) is 0 Å². The van der Waals surface area contributed by atoms with E-state index in [0.29, 0.717) is 5.92 Å². The molecule has 0 fully saturated rings. The van der Waals surface area contributed by atoms with Crippen molar-refractivity contribution in [3.05, 3.63) is 35.8 Å². The van der Waals surface area contributed by atoms with Gasteiger partial charge in [0.15, 0.2) is 0 Å². The van der Waals surface area contributed by atoms with Gasteiger partial charge in [-0.05, 0) is 30.9 Å². The second kappa shape index (κ2) is 4.26. The van der Waals surface area contributed by atoms with Crippen LogP contribution in [-0.4, -0.2) is 9.38 Å². The van der Waals surface area contributed by atoms with Crippen LogP contribution in [0.5, 0.6) is 0 Å². The van der Waals surface area contributed by atoms with Crippen molar-refractivity contribution in [3.63, 3.8) is 0 Å². The van der Waals surface area contributed by atoms with Gasteiger partial charge in [-0.15, -0.1) is 0 Å². The van der Waals surface area contributed by atoms with E-state index in [1.807, 2.05) is 18.5 Å². The van der Waals surface area contributed by atoms with E-state index < -0.39 is 0 Å². The number of imidazole rings is 1. The normalized spacial score (nSPS) is 13.6. The molecule has 0 aliphatic carbocycles. The number of fused-ring (bicyclic) bond motifs is 1. The molecule has 0 radical (unpaired) electrons. The van der Waals surface area contributed by atoms with E-state index >= 15 is 0 Å². The van der Waals surface area contributed by atoms with Gasteiger partial charge in [0.1, 0.15) is 5.65 Å². The molecule has 0 aromatic carbocycles. The van der Waals surface area contributed by atoms with Crippen molar-refractivity contribution in [3.8, 4) is 0 Å². The average molecular weight is 217 g/mol. The Kier molecular flexibility index (Phi) is 2.97. The largest absolute Gasteiger partial charge is 0.323 e. The maximum Gasteiger partial charge on any atom is 0.139 e. The van der Waals surface area contributed by atoms with Gasteiger partial charge in [0.25, 0.3) is 0 Å². The second-order valence-electron chi connectivity index (χ2n) is 4.80. The van der Waals surface area contributed by atoms with E-state index in [4.69, 9.17) is 5.73 Å². The van der Waals surface area contributed by atoms with Gasteiger partial charge in [-0.1, -0.05) is 19.9 Å². The summed E-state index contributed by atoms with van der Waals surface area (Å²) in [6, 6.07) is 4.17. The van der Waals surface area contributed by atoms with Crippen LogP contribution in [0.4, 0.5) is 0 Å². The first-order chi connectivity index (χ1) is 7.59. The van der Waals surface area contributed by atoms with Gasteiger partial charge in [0, 0.05) is 12.2 Å². The molecule has 2 aromatic heterocycles. The molecule has 0 saturated heterocycles. The lowest BCUT2D eigenvalue weighted by atomic mass is 10.0. The number of hydrogen-bond donors (Lipinski definition) is 1. The van der Waals surface area contributed by atoms with E-state index in [0.717, 1.165) is 17.8 Å². The van der Waals surface area contributed by atoms with Crippen LogP contribution in [-0.2, 0) is 0 Å². The molecule has 3 nitrogen and oxygen atoms in total. The Morgan fingerprint density at radius 2 is 2.19 bits per heavy atom. The Labute approximate surface area is 96.3 Å². The van der Waals surface area contributed by atoms with Crippen molar-refractivity contribution < 1.29 is 0 Å². The molecule has 16 heavy (non-hydrogen) atoms. The Morgan fingerprint density at radius 3 is 2.88 bits per heavy atom. The van der Waals surface area contributed by atoms with Gasteiger partial charge < -0.3 is 10.1 Å². The summed E-state index contributed by atoms with van der Waals surface area (Å²) in [6.45, 7) is 6.45. The Bertz CT molecular complexity index is 485. The SMILES string of the molecule is Cc1cccn2c([C@@H](N)CC(C)C)cnc12. The van der Waals surface area contributed by atoms with Crippen molar-refractivity contribution in [1.82, 2.24) is 9.38 Å². The number of rotatable bonds is 3. The minimum absolute atomic E-state index is 0.0665. The maximum atomic E-state index is 6.20. The lowest BCUT2D eigenvalue weighted by molar-refractivity contribution is 0.500. The van der Waals surface area contributed by atoms with Crippen molar-refractivity contribution in [2.75, 3.05) is 0 Å². The number of nitrogens with two attached hydrogens (primary N) is 1. The van der Waals surface area contributed by atoms with Gasteiger partial charge in [-0.2, -0.15) is 0 Å². The molecule has 0 aliphatic heterocycles. The average Bonchev–Trinajstić information content (AvgIpc) is 2.61. The van der Waals surface area contributed by atoms with Crippen molar-refractivity contribution in [2.45, 2.75) is 33.2 Å². The molecule has 0 unspecified atom stereocenters. The minimum Gasteiger partial charge on any atom is -0.323 e. The first-order valence-electron chi connectivity index (χ1n) is 5.77. The predicted molar refractivity (Wildman–Crippen MR) is 66.3 cm³/mol. The fourth-order valence-electron chi connectivity index (χ4n) is 2.07. The molecule has 3 heteroatoms. The smallest absolute Gasteiger partial charge is 0.139 e. The van der Waals surface area contributed by atoms with Crippen molar-refractivity contribution in [2.24, 2.45) is 11.7 Å². The fraction of sp³-hybridized carbons (Fsp3) is 0.462. The van der Waals surface area contributed by atoms with Crippen LogP contribution in [0, 0.1) is 12.8 Å². The fourth-order valence-corrected chi connectivity index (χ4v) is 2.07. The molecule has 2 N–H and O–H groups in total. The summed E-state index contributed by atoms with van der Waals surface area (Å²) in [5.74, 6) is 0.602. The number of hydrogen-bond acceptors (Lipinski definition) is 2. The third-order valence-corrected chi connectivity index (χ3v) is 2.86. The van der Waals surface area contributed by atoms with Crippen molar-refractivity contribution in [1.29, 1.82) is 0 Å². The van der Waals surface area contributed by atoms with Crippen LogP contribution >= 0.6 is 0 Å². The van der Waals surface area contributed by atoms with Crippen molar-refractivity contribution >= 4 is 5.65 Å². The van der Waals surface area contributed by atoms with Gasteiger partial charge in [0.2, 0.25) is 0 Å². The summed E-state index contributed by atoms with van der Waals surface area (Å²) in [7, 11) is 0. The highest BCUT2D eigenvalue weighted by Gasteiger charge is 2.13. The summed E-state index contributed by atoms with van der Waals surface area (Å²) in [4.78, 5) is 4.43. The molecule has 1 atom stereocenters. The number of aromatic nitrogens is 2. The van der Waals surface area contributed by atoms with E-state index in [9.17, 15) is 0 Å². The third kappa shape index (κ3) is 1.95. The first kappa shape index (κ1) is 11.1. The Morgan fingerprint density at radius 1 is 1.44 bits per heavy atom. The monoisotopic (exact) mass is 217 g/mol. The lowest BCUT2D eigenvalue weighted by Crippen LogP contribution is -2.15. The van der Waals surface area contributed by atoms with Crippen LogP contribution in [0.25, 0.3) is 5.65 Å². The molecular formula is C13H19N3. The van der Waals surface area contributed by atoms with E-state index in [-0.39, 0.29) is 6.04 Å². The van der Waals surface area contributed by atoms with E-state index in [1.165, 1.54) is 5.56 Å². The topological polar surface area (TPSA) is 43.3 Å². The summed E-state index contributed by atoms with van der Waals surface area (Å²) in [6.07, 6.45) is 4.92. The Hall–Kier alpha value is -1.35. The Balaban J connectivity index is 2.42. The molecule has 0 aliphatic rings. The maximum absolute atomic E-state index is 6.20. The van der Waals surface area contributed by atoms with Crippen LogP contribution in [0.1, 0.15) is 37.6 Å². The van der Waals surface area contributed by atoms with Crippen LogP contribution < -0.4 is 5.73 Å². The molecular weight excluding hydrogens is 198 g/mol. The number of aryl methyl sites for hydroxylation is 1. The second-order valence-corrected chi connectivity index (χ2v) is 4.80. The predicted octanol–water partition coefficient (Wildman–Crippen LogP) is 2.69. The summed E-state index contributed by atoms with van der Waals surface area (Å²) < 4.78 is 2.10. The zero-order valence-corrected chi connectivity index (χ0v) is 10.1. The minimum atomic E-state index is 0.0665. The molecule has 0 bridgehead atoms. The highest BCUT2D eigenvalue weighted by molar-refractivity contribution is 5.48. The van der Waals surface area contributed by atoms with Gasteiger partial charge >= 0.3 is 0 Å². The quantitative estimate of drug-likeness (QED) is 0.859. The van der Waals surface area contributed by atoms with E-state index in [1.54, 1.807) is 0 Å². The van der Waals surface area contributed by atoms with Crippen LogP contribution in [0.15, 0.2) is 24.5 Å². The lowest BCUT2D eigenvalue weighted by Gasteiger charge is -2.13. The zero-order chi connectivity index (χ0) is 11.7. The van der Waals surface area contributed by atoms with E-state index in [2.05, 4.69) is 36.2 Å². The number of nitrogens with zero attached hydrogens (tertiary/aromatic N) is 2. The number of pyridine rings is 1. The standard InChI is InChI=1S/C13H19N3/c1-9(2)7-11(14)12-8-15-13-10(3)5-4-6-16(12)13/h4-6,8-9,11H,7,14H2,1-3H3/t11-/m0/s1. The highest BCUT2D eigenvalue weighted by atomic mass is 15.0. The van der Waals surface area contributed by atoms with Crippen LogP contribution in [0.3, 0.4) is 0 Å². The molecule has 0 spiro atoms. The van der Waals surface area contributed by atoms with Gasteiger partial charge in [-0.25, -0.2) is 4.98 Å². The summed E-state index contributed by atoms with van der Waals surface area (Å²) in [5, 5.41) is 0. The molecule has 2 rings (SSSR count). The first-order valence-corrected chi connectivity index (χ1v) is 5.77. The molecule has 0 amide bonds. The molecule has 86 valence electrons. The van der Waals surface area contributed by atoms with Gasteiger partial charge in [0.05, 0.1) is 11.9 Å². The highest BCUT2D eigenvalue weighted by Crippen LogP contribution is 2.20. The summed E-state index contributed by atoms with van der Waals surface area (Å²) in [5.41, 5.74) is 9.50. The van der Waals surface area contributed by atoms with Gasteiger partial charge in [-0.3, -0.25) is 0 Å². The molecule has 2 aromatic rings. The summed E-state index contributed by atoms with van der Waals surface area (Å²) >= 11 is 0. The zero-order valence-electron chi connectivity index (χ0n) is 10.1. The molecule has 0 saturated carbocycles. The third-order valence-electron chi connectivity index (χ3n) is 2.86.